The molecule has 0 radical (unpaired) electrons. The van der Waals surface area contributed by atoms with Gasteiger partial charge < -0.3 is 5.32 Å². The second-order valence-corrected chi connectivity index (χ2v) is 6.02. The van der Waals surface area contributed by atoms with Crippen molar-refractivity contribution < 1.29 is 0 Å². The zero-order valence-corrected chi connectivity index (χ0v) is 13.1. The molecule has 0 unspecified atom stereocenters. The van der Waals surface area contributed by atoms with Crippen LogP contribution in [0.3, 0.4) is 0 Å². The van der Waals surface area contributed by atoms with Crippen molar-refractivity contribution in [2.24, 2.45) is 5.92 Å². The number of hydrogen-bond acceptors (Lipinski definition) is 3. The summed E-state index contributed by atoms with van der Waals surface area (Å²) in [5, 5.41) is 12.3. The van der Waals surface area contributed by atoms with E-state index >= 15 is 0 Å². The molecule has 0 fully saturated rings. The van der Waals surface area contributed by atoms with E-state index in [1.54, 1.807) is 0 Å². The van der Waals surface area contributed by atoms with Gasteiger partial charge in [-0.3, -0.25) is 9.36 Å². The largest absolute Gasteiger partial charge is 0.378 e. The van der Waals surface area contributed by atoms with Crippen molar-refractivity contribution in [1.82, 2.24) is 19.6 Å². The maximum atomic E-state index is 4.53. The van der Waals surface area contributed by atoms with Gasteiger partial charge in [-0.05, 0) is 26.7 Å². The normalized spacial score (nSPS) is 11.6. The lowest BCUT2D eigenvalue weighted by Gasteiger charge is -2.04. The summed E-state index contributed by atoms with van der Waals surface area (Å²) >= 11 is 0. The van der Waals surface area contributed by atoms with Crippen LogP contribution < -0.4 is 5.32 Å². The van der Waals surface area contributed by atoms with Crippen molar-refractivity contribution >= 4 is 5.69 Å². The zero-order chi connectivity index (χ0) is 14.7. The lowest BCUT2D eigenvalue weighted by atomic mass is 10.2. The molecule has 0 bridgehead atoms. The van der Waals surface area contributed by atoms with Crippen LogP contribution in [0.25, 0.3) is 0 Å². The Kier molecular flexibility index (Phi) is 4.47. The summed E-state index contributed by atoms with van der Waals surface area (Å²) < 4.78 is 3.99. The van der Waals surface area contributed by atoms with Gasteiger partial charge in [0.15, 0.2) is 0 Å². The summed E-state index contributed by atoms with van der Waals surface area (Å²) in [6.45, 7) is 12.4. The standard InChI is InChI=1S/C15H25N5/c1-11(2)8-19-10-15(13(5)18-19)16-6-14-7-17-20(9-14)12(3)4/h7,9-12,16H,6,8H2,1-5H3. The van der Waals surface area contributed by atoms with E-state index in [0.717, 1.165) is 24.5 Å². The summed E-state index contributed by atoms with van der Waals surface area (Å²) in [4.78, 5) is 0. The predicted molar refractivity (Wildman–Crippen MR) is 81.7 cm³/mol. The summed E-state index contributed by atoms with van der Waals surface area (Å²) in [6.07, 6.45) is 6.09. The molecule has 0 atom stereocenters. The van der Waals surface area contributed by atoms with Crippen LogP contribution in [0.2, 0.25) is 0 Å². The second-order valence-electron chi connectivity index (χ2n) is 6.02. The van der Waals surface area contributed by atoms with Gasteiger partial charge in [0.2, 0.25) is 0 Å². The Labute approximate surface area is 121 Å². The fraction of sp³-hybridized carbons (Fsp3) is 0.600. The Hall–Kier alpha value is -1.78. The van der Waals surface area contributed by atoms with E-state index < -0.39 is 0 Å². The number of nitrogens with one attached hydrogen (secondary N) is 1. The molecular formula is C15H25N5. The van der Waals surface area contributed by atoms with Crippen molar-refractivity contribution in [3.63, 3.8) is 0 Å². The molecule has 0 aliphatic carbocycles. The van der Waals surface area contributed by atoms with Crippen molar-refractivity contribution in [3.8, 4) is 0 Å². The summed E-state index contributed by atoms with van der Waals surface area (Å²) in [5.74, 6) is 0.603. The van der Waals surface area contributed by atoms with Crippen molar-refractivity contribution in [1.29, 1.82) is 0 Å². The SMILES string of the molecule is Cc1nn(CC(C)C)cc1NCc1cnn(C(C)C)c1. The first-order valence-corrected chi connectivity index (χ1v) is 7.26. The predicted octanol–water partition coefficient (Wildman–Crippen LogP) is 3.24. The van der Waals surface area contributed by atoms with E-state index in [4.69, 9.17) is 0 Å². The average Bonchev–Trinajstić information content (AvgIpc) is 2.93. The first kappa shape index (κ1) is 14.6. The minimum atomic E-state index is 0.402. The van der Waals surface area contributed by atoms with Gasteiger partial charge in [-0.1, -0.05) is 13.8 Å². The van der Waals surface area contributed by atoms with Gasteiger partial charge in [-0.15, -0.1) is 0 Å². The fourth-order valence-electron chi connectivity index (χ4n) is 2.11. The maximum Gasteiger partial charge on any atom is 0.0825 e. The number of aryl methyl sites for hydroxylation is 1. The molecule has 0 spiro atoms. The smallest absolute Gasteiger partial charge is 0.0825 e. The van der Waals surface area contributed by atoms with Gasteiger partial charge in [0.1, 0.15) is 0 Å². The molecule has 2 rings (SSSR count). The van der Waals surface area contributed by atoms with Crippen LogP contribution in [0.4, 0.5) is 5.69 Å². The Morgan fingerprint density at radius 3 is 2.55 bits per heavy atom. The average molecular weight is 275 g/mol. The van der Waals surface area contributed by atoms with E-state index in [1.807, 2.05) is 22.5 Å². The molecule has 20 heavy (non-hydrogen) atoms. The molecule has 2 aromatic rings. The first-order chi connectivity index (χ1) is 9.45. The highest BCUT2D eigenvalue weighted by molar-refractivity contribution is 5.45. The third kappa shape index (κ3) is 3.62. The number of anilines is 1. The topological polar surface area (TPSA) is 47.7 Å². The summed E-state index contributed by atoms with van der Waals surface area (Å²) in [7, 11) is 0. The van der Waals surface area contributed by atoms with Gasteiger partial charge in [0, 0.05) is 37.1 Å². The third-order valence-electron chi connectivity index (χ3n) is 3.17. The molecule has 110 valence electrons. The van der Waals surface area contributed by atoms with E-state index in [0.29, 0.717) is 12.0 Å². The quantitative estimate of drug-likeness (QED) is 0.880. The van der Waals surface area contributed by atoms with Crippen molar-refractivity contribution in [2.75, 3.05) is 5.32 Å². The monoisotopic (exact) mass is 275 g/mol. The lowest BCUT2D eigenvalue weighted by Crippen LogP contribution is -2.04. The molecule has 0 amide bonds. The van der Waals surface area contributed by atoms with Crippen LogP contribution in [-0.4, -0.2) is 19.6 Å². The molecule has 2 heterocycles. The molecule has 0 aliphatic rings. The van der Waals surface area contributed by atoms with Crippen LogP contribution in [0.5, 0.6) is 0 Å². The van der Waals surface area contributed by atoms with E-state index in [2.05, 4.69) is 55.6 Å². The molecule has 0 saturated carbocycles. The Balaban J connectivity index is 1.97. The summed E-state index contributed by atoms with van der Waals surface area (Å²) in [5.41, 5.74) is 3.33. The maximum absolute atomic E-state index is 4.53. The number of rotatable bonds is 6. The van der Waals surface area contributed by atoms with Crippen LogP contribution in [0.15, 0.2) is 18.6 Å². The van der Waals surface area contributed by atoms with Crippen LogP contribution in [0.1, 0.15) is 45.0 Å². The van der Waals surface area contributed by atoms with E-state index in [1.165, 1.54) is 5.56 Å². The minimum absolute atomic E-state index is 0.402. The van der Waals surface area contributed by atoms with E-state index in [-0.39, 0.29) is 0 Å². The van der Waals surface area contributed by atoms with Gasteiger partial charge in [-0.25, -0.2) is 0 Å². The Bertz CT molecular complexity index is 550. The van der Waals surface area contributed by atoms with Crippen LogP contribution in [-0.2, 0) is 13.1 Å². The fourth-order valence-corrected chi connectivity index (χ4v) is 2.11. The highest BCUT2D eigenvalue weighted by Crippen LogP contribution is 2.15. The van der Waals surface area contributed by atoms with Crippen LogP contribution >= 0.6 is 0 Å². The number of nitrogens with zero attached hydrogens (tertiary/aromatic N) is 4. The van der Waals surface area contributed by atoms with Crippen molar-refractivity contribution in [2.45, 2.75) is 53.8 Å². The number of aromatic nitrogens is 4. The zero-order valence-electron chi connectivity index (χ0n) is 13.1. The van der Waals surface area contributed by atoms with Crippen LogP contribution in [0, 0.1) is 12.8 Å². The van der Waals surface area contributed by atoms with Gasteiger partial charge in [0.05, 0.1) is 17.6 Å². The highest BCUT2D eigenvalue weighted by Gasteiger charge is 2.07. The molecule has 1 N–H and O–H groups in total. The molecule has 0 saturated heterocycles. The first-order valence-electron chi connectivity index (χ1n) is 7.26. The van der Waals surface area contributed by atoms with Crippen molar-refractivity contribution in [3.05, 3.63) is 29.8 Å². The second kappa shape index (κ2) is 6.11. The van der Waals surface area contributed by atoms with E-state index in [9.17, 15) is 0 Å². The Morgan fingerprint density at radius 2 is 1.95 bits per heavy atom. The summed E-state index contributed by atoms with van der Waals surface area (Å²) in [6, 6.07) is 0.402. The molecular weight excluding hydrogens is 250 g/mol. The molecule has 5 heteroatoms. The highest BCUT2D eigenvalue weighted by atomic mass is 15.3. The molecule has 2 aromatic heterocycles. The third-order valence-corrected chi connectivity index (χ3v) is 3.17. The van der Waals surface area contributed by atoms with Gasteiger partial charge >= 0.3 is 0 Å². The Morgan fingerprint density at radius 1 is 1.20 bits per heavy atom. The minimum Gasteiger partial charge on any atom is -0.378 e. The lowest BCUT2D eigenvalue weighted by molar-refractivity contribution is 0.481. The molecule has 0 aliphatic heterocycles. The molecule has 5 nitrogen and oxygen atoms in total. The number of hydrogen-bond donors (Lipinski definition) is 1. The van der Waals surface area contributed by atoms with Gasteiger partial charge in [-0.2, -0.15) is 10.2 Å². The molecule has 0 aromatic carbocycles. The van der Waals surface area contributed by atoms with Gasteiger partial charge in [0.25, 0.3) is 0 Å².